The molecular weight excluding hydrogens is 270 g/mol. The molecule has 0 spiro atoms. The van der Waals surface area contributed by atoms with Gasteiger partial charge in [-0.05, 0) is 35.0 Å². The van der Waals surface area contributed by atoms with Crippen molar-refractivity contribution < 1.29 is 9.47 Å². The highest BCUT2D eigenvalue weighted by molar-refractivity contribution is 5.68. The van der Waals surface area contributed by atoms with Crippen LogP contribution in [-0.2, 0) is 11.3 Å². The standard InChI is InChI=1S/C14H21N5O2/c1-3-4-8-21-9-7-19-14(16-17-18-19)12-10-11(15)5-6-13(12)20-2/h5-6,10H,3-4,7-9,15H2,1-2H3. The number of tetrazole rings is 1. The quantitative estimate of drug-likeness (QED) is 0.589. The fourth-order valence-electron chi connectivity index (χ4n) is 1.95. The third-order valence-corrected chi connectivity index (χ3v) is 3.09. The maximum atomic E-state index is 5.84. The highest BCUT2D eigenvalue weighted by Crippen LogP contribution is 2.29. The number of nitrogen functional groups attached to an aromatic ring is 1. The van der Waals surface area contributed by atoms with Gasteiger partial charge in [0.2, 0.25) is 0 Å². The number of methoxy groups -OCH3 is 1. The molecule has 114 valence electrons. The lowest BCUT2D eigenvalue weighted by Crippen LogP contribution is -2.10. The van der Waals surface area contributed by atoms with Crippen LogP contribution in [0, 0.1) is 0 Å². The van der Waals surface area contributed by atoms with Gasteiger partial charge >= 0.3 is 0 Å². The van der Waals surface area contributed by atoms with E-state index < -0.39 is 0 Å². The van der Waals surface area contributed by atoms with E-state index in [9.17, 15) is 0 Å². The van der Waals surface area contributed by atoms with Crippen molar-refractivity contribution in [2.45, 2.75) is 26.3 Å². The molecule has 0 radical (unpaired) electrons. The third-order valence-electron chi connectivity index (χ3n) is 3.09. The highest BCUT2D eigenvalue weighted by atomic mass is 16.5. The Balaban J connectivity index is 2.11. The summed E-state index contributed by atoms with van der Waals surface area (Å²) in [7, 11) is 1.61. The summed E-state index contributed by atoms with van der Waals surface area (Å²) in [5, 5.41) is 11.8. The molecule has 2 N–H and O–H groups in total. The predicted octanol–water partition coefficient (Wildman–Crippen LogP) is 1.75. The minimum atomic E-state index is 0.572. The van der Waals surface area contributed by atoms with Crippen LogP contribution in [0.15, 0.2) is 18.2 Å². The van der Waals surface area contributed by atoms with Crippen molar-refractivity contribution in [3.8, 4) is 17.1 Å². The van der Waals surface area contributed by atoms with E-state index >= 15 is 0 Å². The summed E-state index contributed by atoms with van der Waals surface area (Å²) in [6.07, 6.45) is 2.18. The lowest BCUT2D eigenvalue weighted by atomic mass is 10.1. The second kappa shape index (κ2) is 7.58. The van der Waals surface area contributed by atoms with Gasteiger partial charge in [-0.2, -0.15) is 0 Å². The highest BCUT2D eigenvalue weighted by Gasteiger charge is 2.14. The molecule has 0 aliphatic heterocycles. The van der Waals surface area contributed by atoms with E-state index in [0.717, 1.165) is 25.0 Å². The first-order valence-corrected chi connectivity index (χ1v) is 7.04. The SMILES string of the molecule is CCCCOCCn1nnnc1-c1cc(N)ccc1OC. The Labute approximate surface area is 124 Å². The molecule has 0 aliphatic rings. The normalized spacial score (nSPS) is 10.8. The van der Waals surface area contributed by atoms with Crippen LogP contribution in [0.1, 0.15) is 19.8 Å². The molecule has 0 fully saturated rings. The van der Waals surface area contributed by atoms with Gasteiger partial charge in [-0.3, -0.25) is 0 Å². The Bertz CT molecular complexity index is 570. The van der Waals surface area contributed by atoms with Crippen LogP contribution in [0.2, 0.25) is 0 Å². The summed E-state index contributed by atoms with van der Waals surface area (Å²) in [4.78, 5) is 0. The predicted molar refractivity (Wildman–Crippen MR) is 79.9 cm³/mol. The van der Waals surface area contributed by atoms with Crippen LogP contribution < -0.4 is 10.5 Å². The van der Waals surface area contributed by atoms with Crippen molar-refractivity contribution in [1.82, 2.24) is 20.2 Å². The number of rotatable bonds is 8. The number of aromatic nitrogens is 4. The van der Waals surface area contributed by atoms with Gasteiger partial charge < -0.3 is 15.2 Å². The van der Waals surface area contributed by atoms with Crippen LogP contribution >= 0.6 is 0 Å². The van der Waals surface area contributed by atoms with E-state index in [1.807, 2.05) is 0 Å². The van der Waals surface area contributed by atoms with E-state index in [-0.39, 0.29) is 0 Å². The molecule has 2 aromatic rings. The molecule has 21 heavy (non-hydrogen) atoms. The first-order valence-electron chi connectivity index (χ1n) is 7.04. The summed E-state index contributed by atoms with van der Waals surface area (Å²) in [5.41, 5.74) is 7.25. The molecule has 0 bridgehead atoms. The molecule has 0 unspecified atom stereocenters. The molecule has 1 aromatic heterocycles. The van der Waals surface area contributed by atoms with Crippen LogP contribution in [0.4, 0.5) is 5.69 Å². The van der Waals surface area contributed by atoms with Crippen LogP contribution in [0.25, 0.3) is 11.4 Å². The average Bonchev–Trinajstić information content (AvgIpc) is 2.95. The Morgan fingerprint density at radius 2 is 2.14 bits per heavy atom. The molecule has 1 aromatic carbocycles. The number of anilines is 1. The molecule has 1 heterocycles. The van der Waals surface area contributed by atoms with Crippen molar-refractivity contribution in [1.29, 1.82) is 0 Å². The van der Waals surface area contributed by atoms with E-state index in [1.54, 1.807) is 30.0 Å². The van der Waals surface area contributed by atoms with E-state index in [0.29, 0.717) is 30.4 Å². The van der Waals surface area contributed by atoms with Gasteiger partial charge in [-0.1, -0.05) is 13.3 Å². The number of nitrogens with zero attached hydrogens (tertiary/aromatic N) is 4. The van der Waals surface area contributed by atoms with Crippen LogP contribution in [0.5, 0.6) is 5.75 Å². The summed E-state index contributed by atoms with van der Waals surface area (Å²) >= 11 is 0. The first-order chi connectivity index (χ1) is 10.3. The van der Waals surface area contributed by atoms with Crippen molar-refractivity contribution in [2.75, 3.05) is 26.1 Å². The monoisotopic (exact) mass is 291 g/mol. The van der Waals surface area contributed by atoms with Gasteiger partial charge in [0.25, 0.3) is 0 Å². The van der Waals surface area contributed by atoms with Gasteiger partial charge in [0.15, 0.2) is 5.82 Å². The minimum absolute atomic E-state index is 0.572. The molecule has 2 rings (SSSR count). The number of nitrogens with two attached hydrogens (primary N) is 1. The second-order valence-electron chi connectivity index (χ2n) is 4.65. The van der Waals surface area contributed by atoms with Crippen LogP contribution in [0.3, 0.4) is 0 Å². The Kier molecular flexibility index (Phi) is 5.51. The fraction of sp³-hybridized carbons (Fsp3) is 0.500. The number of ether oxygens (including phenoxy) is 2. The largest absolute Gasteiger partial charge is 0.496 e. The molecule has 0 saturated carbocycles. The number of unbranched alkanes of at least 4 members (excludes halogenated alkanes) is 1. The molecule has 0 saturated heterocycles. The van der Waals surface area contributed by atoms with E-state index in [1.165, 1.54) is 0 Å². The number of hydrogen-bond donors (Lipinski definition) is 1. The summed E-state index contributed by atoms with van der Waals surface area (Å²) < 4.78 is 12.6. The Hall–Kier alpha value is -2.15. The smallest absolute Gasteiger partial charge is 0.185 e. The van der Waals surface area contributed by atoms with Crippen LogP contribution in [-0.4, -0.2) is 40.5 Å². The zero-order chi connectivity index (χ0) is 15.1. The summed E-state index contributed by atoms with van der Waals surface area (Å²) in [5.74, 6) is 1.31. The molecule has 0 atom stereocenters. The van der Waals surface area contributed by atoms with Gasteiger partial charge in [0, 0.05) is 12.3 Å². The molecular formula is C14H21N5O2. The number of benzene rings is 1. The average molecular weight is 291 g/mol. The lowest BCUT2D eigenvalue weighted by molar-refractivity contribution is 0.121. The molecule has 0 amide bonds. The third kappa shape index (κ3) is 3.91. The molecule has 0 aliphatic carbocycles. The first kappa shape index (κ1) is 15.2. The minimum Gasteiger partial charge on any atom is -0.496 e. The van der Waals surface area contributed by atoms with E-state index in [4.69, 9.17) is 15.2 Å². The zero-order valence-corrected chi connectivity index (χ0v) is 12.5. The van der Waals surface area contributed by atoms with Gasteiger partial charge in [0.1, 0.15) is 5.75 Å². The lowest BCUT2D eigenvalue weighted by Gasteiger charge is -2.10. The summed E-state index contributed by atoms with van der Waals surface area (Å²) in [6.45, 7) is 4.05. The van der Waals surface area contributed by atoms with Crippen molar-refractivity contribution >= 4 is 5.69 Å². The van der Waals surface area contributed by atoms with Gasteiger partial charge in [0.05, 0.1) is 25.8 Å². The number of hydrogen-bond acceptors (Lipinski definition) is 6. The van der Waals surface area contributed by atoms with E-state index in [2.05, 4.69) is 22.4 Å². The summed E-state index contributed by atoms with van der Waals surface area (Å²) in [6, 6.07) is 5.39. The van der Waals surface area contributed by atoms with Crippen molar-refractivity contribution in [3.05, 3.63) is 18.2 Å². The van der Waals surface area contributed by atoms with Gasteiger partial charge in [-0.15, -0.1) is 5.10 Å². The van der Waals surface area contributed by atoms with Crippen molar-refractivity contribution in [3.63, 3.8) is 0 Å². The topological polar surface area (TPSA) is 88.1 Å². The van der Waals surface area contributed by atoms with Crippen molar-refractivity contribution in [2.24, 2.45) is 0 Å². The Morgan fingerprint density at radius 1 is 1.29 bits per heavy atom. The Morgan fingerprint density at radius 3 is 2.90 bits per heavy atom. The second-order valence-corrected chi connectivity index (χ2v) is 4.65. The fourth-order valence-corrected chi connectivity index (χ4v) is 1.95. The molecule has 7 heteroatoms. The maximum Gasteiger partial charge on any atom is 0.185 e. The molecule has 7 nitrogen and oxygen atoms in total. The maximum absolute atomic E-state index is 5.84. The van der Waals surface area contributed by atoms with Gasteiger partial charge in [-0.25, -0.2) is 4.68 Å². The zero-order valence-electron chi connectivity index (χ0n) is 12.5.